The molecule has 16 heavy (non-hydrogen) atoms. The molecule has 1 atom stereocenters. The van der Waals surface area contributed by atoms with Gasteiger partial charge in [-0.3, -0.25) is 4.79 Å². The van der Waals surface area contributed by atoms with Gasteiger partial charge in [0.05, 0.1) is 5.92 Å². The van der Waals surface area contributed by atoms with Crippen molar-refractivity contribution in [1.82, 2.24) is 4.90 Å². The molecule has 1 saturated heterocycles. The highest BCUT2D eigenvalue weighted by Crippen LogP contribution is 2.24. The van der Waals surface area contributed by atoms with Crippen molar-refractivity contribution in [1.29, 1.82) is 0 Å². The summed E-state index contributed by atoms with van der Waals surface area (Å²) >= 11 is 0. The Morgan fingerprint density at radius 1 is 1.31 bits per heavy atom. The van der Waals surface area contributed by atoms with Gasteiger partial charge < -0.3 is 9.80 Å². The average molecular weight is 218 g/mol. The molecule has 2 rings (SSSR count). The summed E-state index contributed by atoms with van der Waals surface area (Å²) in [5.41, 5.74) is 1.22. The van der Waals surface area contributed by atoms with Crippen molar-refractivity contribution >= 4 is 11.6 Å². The Morgan fingerprint density at radius 3 is 2.62 bits per heavy atom. The molecule has 0 spiro atoms. The Balaban J connectivity index is 2.01. The van der Waals surface area contributed by atoms with Crippen LogP contribution in [-0.4, -0.2) is 38.0 Å². The zero-order chi connectivity index (χ0) is 11.5. The van der Waals surface area contributed by atoms with E-state index in [0.717, 1.165) is 19.5 Å². The molecule has 3 heteroatoms. The molecular weight excluding hydrogens is 200 g/mol. The van der Waals surface area contributed by atoms with Crippen LogP contribution in [0.2, 0.25) is 0 Å². The average Bonchev–Trinajstić information content (AvgIpc) is 2.78. The molecule has 1 fully saturated rings. The lowest BCUT2D eigenvalue weighted by atomic mass is 10.1. The Labute approximate surface area is 96.7 Å². The summed E-state index contributed by atoms with van der Waals surface area (Å²) < 4.78 is 0. The largest absolute Gasteiger partial charge is 0.371 e. The standard InChI is InChI=1S/C13H18N2O/c1-14(2)13(16)11-8-9-15(10-11)12-6-4-3-5-7-12/h3-7,11H,8-10H2,1-2H3. The van der Waals surface area contributed by atoms with Crippen LogP contribution in [0.3, 0.4) is 0 Å². The number of carbonyl (C=O) groups is 1. The third-order valence-corrected chi connectivity index (χ3v) is 3.10. The lowest BCUT2D eigenvalue weighted by molar-refractivity contribution is -0.132. The monoisotopic (exact) mass is 218 g/mol. The van der Waals surface area contributed by atoms with Crippen LogP contribution in [0.4, 0.5) is 5.69 Å². The van der Waals surface area contributed by atoms with Crippen LogP contribution in [-0.2, 0) is 4.79 Å². The van der Waals surface area contributed by atoms with Crippen LogP contribution in [0.5, 0.6) is 0 Å². The summed E-state index contributed by atoms with van der Waals surface area (Å²) in [7, 11) is 3.65. The van der Waals surface area contributed by atoms with Crippen LogP contribution in [0, 0.1) is 5.92 Å². The highest BCUT2D eigenvalue weighted by molar-refractivity contribution is 5.79. The van der Waals surface area contributed by atoms with Gasteiger partial charge in [0, 0.05) is 32.9 Å². The number of anilines is 1. The van der Waals surface area contributed by atoms with E-state index in [0.29, 0.717) is 0 Å². The van der Waals surface area contributed by atoms with Gasteiger partial charge in [-0.15, -0.1) is 0 Å². The van der Waals surface area contributed by atoms with E-state index < -0.39 is 0 Å². The number of nitrogens with zero attached hydrogens (tertiary/aromatic N) is 2. The van der Waals surface area contributed by atoms with Crippen LogP contribution in [0.25, 0.3) is 0 Å². The van der Waals surface area contributed by atoms with E-state index in [1.54, 1.807) is 4.90 Å². The van der Waals surface area contributed by atoms with Gasteiger partial charge in [0.25, 0.3) is 0 Å². The zero-order valence-corrected chi connectivity index (χ0v) is 9.89. The third-order valence-electron chi connectivity index (χ3n) is 3.10. The van der Waals surface area contributed by atoms with Gasteiger partial charge >= 0.3 is 0 Å². The van der Waals surface area contributed by atoms with E-state index in [9.17, 15) is 4.79 Å². The van der Waals surface area contributed by atoms with Crippen LogP contribution < -0.4 is 4.90 Å². The van der Waals surface area contributed by atoms with E-state index in [-0.39, 0.29) is 11.8 Å². The van der Waals surface area contributed by atoms with Crippen molar-refractivity contribution in [3.8, 4) is 0 Å². The second-order valence-corrected chi connectivity index (χ2v) is 4.50. The van der Waals surface area contributed by atoms with Gasteiger partial charge in [0.15, 0.2) is 0 Å². The molecule has 3 nitrogen and oxygen atoms in total. The molecule has 1 aliphatic rings. The molecular formula is C13H18N2O. The highest BCUT2D eigenvalue weighted by atomic mass is 16.2. The predicted octanol–water partition coefficient (Wildman–Crippen LogP) is 1.60. The van der Waals surface area contributed by atoms with Gasteiger partial charge in [-0.1, -0.05) is 18.2 Å². The molecule has 1 unspecified atom stereocenters. The second kappa shape index (κ2) is 4.56. The summed E-state index contributed by atoms with van der Waals surface area (Å²) in [6.45, 7) is 1.83. The number of para-hydroxylation sites is 1. The maximum absolute atomic E-state index is 11.8. The Morgan fingerprint density at radius 2 is 2.00 bits per heavy atom. The molecule has 1 aliphatic heterocycles. The Hall–Kier alpha value is -1.51. The maximum atomic E-state index is 11.8. The molecule has 0 aliphatic carbocycles. The molecule has 0 saturated carbocycles. The highest BCUT2D eigenvalue weighted by Gasteiger charge is 2.29. The van der Waals surface area contributed by atoms with E-state index in [4.69, 9.17) is 0 Å². The van der Waals surface area contributed by atoms with Crippen molar-refractivity contribution < 1.29 is 4.79 Å². The van der Waals surface area contributed by atoms with E-state index in [1.165, 1.54) is 5.69 Å². The molecule has 1 aromatic carbocycles. The van der Waals surface area contributed by atoms with E-state index >= 15 is 0 Å². The maximum Gasteiger partial charge on any atom is 0.227 e. The molecule has 1 aromatic rings. The first-order chi connectivity index (χ1) is 7.68. The number of rotatable bonds is 2. The van der Waals surface area contributed by atoms with Crippen molar-refractivity contribution in [2.45, 2.75) is 6.42 Å². The van der Waals surface area contributed by atoms with E-state index in [1.807, 2.05) is 32.3 Å². The fraction of sp³-hybridized carbons (Fsp3) is 0.462. The SMILES string of the molecule is CN(C)C(=O)C1CCN(c2ccccc2)C1. The summed E-state index contributed by atoms with van der Waals surface area (Å²) in [5.74, 6) is 0.411. The summed E-state index contributed by atoms with van der Waals surface area (Å²) in [4.78, 5) is 15.8. The fourth-order valence-corrected chi connectivity index (χ4v) is 2.20. The molecule has 0 N–H and O–H groups in total. The van der Waals surface area contributed by atoms with Crippen LogP contribution in [0.1, 0.15) is 6.42 Å². The molecule has 1 heterocycles. The first kappa shape index (κ1) is 11.0. The Bertz CT molecular complexity index is 361. The second-order valence-electron chi connectivity index (χ2n) is 4.50. The minimum Gasteiger partial charge on any atom is -0.371 e. The summed E-state index contributed by atoms with van der Waals surface area (Å²) in [5, 5.41) is 0. The predicted molar refractivity (Wildman–Crippen MR) is 65.5 cm³/mol. The number of amides is 1. The van der Waals surface area contributed by atoms with Crippen molar-refractivity contribution in [2.24, 2.45) is 5.92 Å². The zero-order valence-electron chi connectivity index (χ0n) is 9.89. The summed E-state index contributed by atoms with van der Waals surface area (Å²) in [6, 6.07) is 10.3. The number of hydrogen-bond acceptors (Lipinski definition) is 2. The lowest BCUT2D eigenvalue weighted by Gasteiger charge is -2.19. The van der Waals surface area contributed by atoms with Gasteiger partial charge in [0.2, 0.25) is 5.91 Å². The normalized spacial score (nSPS) is 19.9. The molecule has 0 bridgehead atoms. The Kier molecular flexibility index (Phi) is 3.13. The smallest absolute Gasteiger partial charge is 0.227 e. The lowest BCUT2D eigenvalue weighted by Crippen LogP contribution is -2.31. The van der Waals surface area contributed by atoms with Gasteiger partial charge in [-0.2, -0.15) is 0 Å². The topological polar surface area (TPSA) is 23.6 Å². The van der Waals surface area contributed by atoms with Crippen LogP contribution >= 0.6 is 0 Å². The van der Waals surface area contributed by atoms with Gasteiger partial charge in [-0.25, -0.2) is 0 Å². The fourth-order valence-electron chi connectivity index (χ4n) is 2.20. The molecule has 0 radical (unpaired) electrons. The quantitative estimate of drug-likeness (QED) is 0.753. The van der Waals surface area contributed by atoms with Gasteiger partial charge in [-0.05, 0) is 18.6 Å². The number of carbonyl (C=O) groups excluding carboxylic acids is 1. The number of benzene rings is 1. The molecule has 0 aromatic heterocycles. The number of hydrogen-bond donors (Lipinski definition) is 0. The third kappa shape index (κ3) is 2.18. The van der Waals surface area contributed by atoms with Crippen LogP contribution in [0.15, 0.2) is 30.3 Å². The molecule has 86 valence electrons. The van der Waals surface area contributed by atoms with Crippen molar-refractivity contribution in [3.63, 3.8) is 0 Å². The van der Waals surface area contributed by atoms with Crippen molar-refractivity contribution in [3.05, 3.63) is 30.3 Å². The minimum atomic E-state index is 0.162. The summed E-state index contributed by atoms with van der Waals surface area (Å²) in [6.07, 6.45) is 0.964. The minimum absolute atomic E-state index is 0.162. The first-order valence-corrected chi connectivity index (χ1v) is 5.69. The van der Waals surface area contributed by atoms with Gasteiger partial charge in [0.1, 0.15) is 0 Å². The van der Waals surface area contributed by atoms with E-state index in [2.05, 4.69) is 17.0 Å². The molecule has 1 amide bonds. The van der Waals surface area contributed by atoms with Crippen molar-refractivity contribution in [2.75, 3.05) is 32.1 Å². The first-order valence-electron chi connectivity index (χ1n) is 5.69.